The van der Waals surface area contributed by atoms with Crippen molar-refractivity contribution in [3.05, 3.63) is 40.1 Å². The molecule has 94 valence electrons. The van der Waals surface area contributed by atoms with Crippen LogP contribution < -0.4 is 0 Å². The average molecular weight is 309 g/mol. The molecule has 0 amide bonds. The number of aryl methyl sites for hydroxylation is 1. The van der Waals surface area contributed by atoms with Crippen molar-refractivity contribution >= 4 is 21.9 Å². The van der Waals surface area contributed by atoms with E-state index in [2.05, 4.69) is 20.9 Å². The lowest BCUT2D eigenvalue weighted by Gasteiger charge is -2.07. The lowest BCUT2D eigenvalue weighted by atomic mass is 10.2. The first-order valence-corrected chi connectivity index (χ1v) is 6.30. The van der Waals surface area contributed by atoms with Gasteiger partial charge in [-0.2, -0.15) is 0 Å². The fourth-order valence-electron chi connectivity index (χ4n) is 1.83. The molecule has 0 atom stereocenters. The minimum Gasteiger partial charge on any atom is -0.480 e. The van der Waals surface area contributed by atoms with E-state index in [1.807, 2.05) is 38.1 Å². The number of aliphatic carboxylic acids is 1. The number of benzene rings is 1. The third-order valence-electron chi connectivity index (χ3n) is 2.83. The van der Waals surface area contributed by atoms with Crippen LogP contribution in [0.5, 0.6) is 0 Å². The van der Waals surface area contributed by atoms with Crippen molar-refractivity contribution in [1.29, 1.82) is 0 Å². The zero-order chi connectivity index (χ0) is 13.3. The summed E-state index contributed by atoms with van der Waals surface area (Å²) in [6, 6.07) is 7.68. The van der Waals surface area contributed by atoms with E-state index in [1.54, 1.807) is 4.57 Å². The molecule has 1 aromatic heterocycles. The van der Waals surface area contributed by atoms with E-state index in [4.69, 9.17) is 5.11 Å². The minimum atomic E-state index is -0.869. The summed E-state index contributed by atoms with van der Waals surface area (Å²) >= 11 is 3.41. The van der Waals surface area contributed by atoms with Gasteiger partial charge in [-0.1, -0.05) is 28.1 Å². The molecule has 5 heteroatoms. The summed E-state index contributed by atoms with van der Waals surface area (Å²) in [6.45, 7) is 3.69. The highest BCUT2D eigenvalue weighted by Crippen LogP contribution is 2.24. The van der Waals surface area contributed by atoms with Crippen molar-refractivity contribution in [3.63, 3.8) is 0 Å². The largest absolute Gasteiger partial charge is 0.480 e. The maximum atomic E-state index is 10.9. The van der Waals surface area contributed by atoms with Gasteiger partial charge in [-0.05, 0) is 26.0 Å². The van der Waals surface area contributed by atoms with Crippen molar-refractivity contribution in [2.24, 2.45) is 0 Å². The summed E-state index contributed by atoms with van der Waals surface area (Å²) < 4.78 is 2.67. The number of carboxylic acid groups (broad SMARTS) is 1. The topological polar surface area (TPSA) is 55.1 Å². The van der Waals surface area contributed by atoms with Gasteiger partial charge in [0.05, 0.1) is 5.69 Å². The van der Waals surface area contributed by atoms with Crippen LogP contribution in [0.4, 0.5) is 0 Å². The van der Waals surface area contributed by atoms with Gasteiger partial charge in [-0.25, -0.2) is 4.98 Å². The Bertz CT molecular complexity index is 605. The van der Waals surface area contributed by atoms with Crippen LogP contribution in [-0.4, -0.2) is 20.6 Å². The van der Waals surface area contributed by atoms with E-state index in [-0.39, 0.29) is 6.54 Å². The Hall–Kier alpha value is -1.62. The first-order chi connectivity index (χ1) is 8.49. The highest BCUT2D eigenvalue weighted by molar-refractivity contribution is 9.10. The standard InChI is InChI=1S/C13H13BrN2O2/c1-8-9(2)16(7-12(17)18)13(15-8)10-4-3-5-11(14)6-10/h3-6H,7H2,1-2H3,(H,17,18). The SMILES string of the molecule is Cc1nc(-c2cccc(Br)c2)n(CC(=O)O)c1C. The van der Waals surface area contributed by atoms with Crippen molar-refractivity contribution in [2.75, 3.05) is 0 Å². The molecule has 1 N–H and O–H groups in total. The molecule has 0 aliphatic heterocycles. The zero-order valence-corrected chi connectivity index (χ0v) is 11.7. The van der Waals surface area contributed by atoms with Crippen LogP contribution in [0.1, 0.15) is 11.4 Å². The van der Waals surface area contributed by atoms with Crippen LogP contribution in [0.25, 0.3) is 11.4 Å². The second-order valence-electron chi connectivity index (χ2n) is 4.10. The molecule has 4 nitrogen and oxygen atoms in total. The van der Waals surface area contributed by atoms with Crippen molar-refractivity contribution in [3.8, 4) is 11.4 Å². The molecule has 0 bridgehead atoms. The van der Waals surface area contributed by atoms with Gasteiger partial charge in [0.1, 0.15) is 12.4 Å². The molecule has 1 heterocycles. The summed E-state index contributed by atoms with van der Waals surface area (Å²) in [7, 11) is 0. The normalized spacial score (nSPS) is 10.6. The number of hydrogen-bond acceptors (Lipinski definition) is 2. The van der Waals surface area contributed by atoms with Gasteiger partial charge in [0.25, 0.3) is 0 Å². The summed E-state index contributed by atoms with van der Waals surface area (Å²) in [6.07, 6.45) is 0. The molecule has 0 fully saturated rings. The van der Waals surface area contributed by atoms with Gasteiger partial charge < -0.3 is 9.67 Å². The smallest absolute Gasteiger partial charge is 0.323 e. The molecule has 0 aliphatic rings. The summed E-state index contributed by atoms with van der Waals surface area (Å²) in [4.78, 5) is 15.4. The lowest BCUT2D eigenvalue weighted by molar-refractivity contribution is -0.137. The fraction of sp³-hybridized carbons (Fsp3) is 0.231. The molecule has 0 radical (unpaired) electrons. The van der Waals surface area contributed by atoms with Crippen LogP contribution in [0, 0.1) is 13.8 Å². The Labute approximate surface area is 113 Å². The Morgan fingerprint density at radius 3 is 2.78 bits per heavy atom. The van der Waals surface area contributed by atoms with E-state index < -0.39 is 5.97 Å². The van der Waals surface area contributed by atoms with Gasteiger partial charge in [-0.3, -0.25) is 4.79 Å². The highest BCUT2D eigenvalue weighted by Gasteiger charge is 2.15. The van der Waals surface area contributed by atoms with E-state index in [9.17, 15) is 4.79 Å². The fourth-order valence-corrected chi connectivity index (χ4v) is 2.23. The third kappa shape index (κ3) is 2.46. The highest BCUT2D eigenvalue weighted by atomic mass is 79.9. The maximum absolute atomic E-state index is 10.9. The van der Waals surface area contributed by atoms with Crippen LogP contribution in [0.15, 0.2) is 28.7 Å². The van der Waals surface area contributed by atoms with E-state index >= 15 is 0 Å². The molecular weight excluding hydrogens is 296 g/mol. The Kier molecular flexibility index (Phi) is 3.52. The number of nitrogens with zero attached hydrogens (tertiary/aromatic N) is 2. The molecule has 0 saturated heterocycles. The van der Waals surface area contributed by atoms with Gasteiger partial charge in [0.2, 0.25) is 0 Å². The Balaban J connectivity index is 2.56. The first-order valence-electron chi connectivity index (χ1n) is 5.50. The number of carbonyl (C=O) groups is 1. The number of aromatic nitrogens is 2. The summed E-state index contributed by atoms with van der Waals surface area (Å²) in [5.74, 6) is -0.180. The maximum Gasteiger partial charge on any atom is 0.323 e. The number of imidazole rings is 1. The van der Waals surface area contributed by atoms with Gasteiger partial charge in [0.15, 0.2) is 0 Å². The van der Waals surface area contributed by atoms with Gasteiger partial charge in [0, 0.05) is 15.7 Å². The molecular formula is C13H13BrN2O2. The van der Waals surface area contributed by atoms with Crippen molar-refractivity contribution < 1.29 is 9.90 Å². The van der Waals surface area contributed by atoms with E-state index in [0.29, 0.717) is 5.82 Å². The minimum absolute atomic E-state index is 0.0749. The summed E-state index contributed by atoms with van der Waals surface area (Å²) in [5, 5.41) is 8.97. The molecule has 0 spiro atoms. The molecule has 0 saturated carbocycles. The first kappa shape index (κ1) is 12.8. The van der Waals surface area contributed by atoms with Crippen LogP contribution >= 0.6 is 15.9 Å². The number of hydrogen-bond donors (Lipinski definition) is 1. The second kappa shape index (κ2) is 4.94. The van der Waals surface area contributed by atoms with E-state index in [1.165, 1.54) is 0 Å². The Morgan fingerprint density at radius 2 is 2.17 bits per heavy atom. The number of halogens is 1. The molecule has 2 rings (SSSR count). The third-order valence-corrected chi connectivity index (χ3v) is 3.33. The molecule has 1 aromatic carbocycles. The number of carboxylic acids is 1. The molecule has 0 aliphatic carbocycles. The number of rotatable bonds is 3. The zero-order valence-electron chi connectivity index (χ0n) is 10.1. The predicted octanol–water partition coefficient (Wildman–Crippen LogP) is 3.01. The predicted molar refractivity (Wildman–Crippen MR) is 72.5 cm³/mol. The second-order valence-corrected chi connectivity index (χ2v) is 5.01. The van der Waals surface area contributed by atoms with Gasteiger partial charge in [-0.15, -0.1) is 0 Å². The van der Waals surface area contributed by atoms with Crippen LogP contribution in [0.2, 0.25) is 0 Å². The summed E-state index contributed by atoms with van der Waals surface area (Å²) in [5.41, 5.74) is 2.64. The van der Waals surface area contributed by atoms with Crippen LogP contribution in [-0.2, 0) is 11.3 Å². The quantitative estimate of drug-likeness (QED) is 0.948. The molecule has 18 heavy (non-hydrogen) atoms. The lowest BCUT2D eigenvalue weighted by Crippen LogP contribution is -2.11. The van der Waals surface area contributed by atoms with E-state index in [0.717, 1.165) is 21.4 Å². The monoisotopic (exact) mass is 308 g/mol. The molecule has 2 aromatic rings. The Morgan fingerprint density at radius 1 is 1.44 bits per heavy atom. The van der Waals surface area contributed by atoms with Gasteiger partial charge >= 0.3 is 5.97 Å². The average Bonchev–Trinajstić information content (AvgIpc) is 2.57. The molecule has 0 unspecified atom stereocenters. The van der Waals surface area contributed by atoms with Crippen LogP contribution in [0.3, 0.4) is 0 Å². The van der Waals surface area contributed by atoms with Crippen molar-refractivity contribution in [2.45, 2.75) is 20.4 Å². The van der Waals surface area contributed by atoms with Crippen molar-refractivity contribution in [1.82, 2.24) is 9.55 Å².